The molecule has 0 unspecified atom stereocenters. The van der Waals surface area contributed by atoms with Gasteiger partial charge in [-0.1, -0.05) is 18.2 Å². The quantitative estimate of drug-likeness (QED) is 0.914. The summed E-state index contributed by atoms with van der Waals surface area (Å²) >= 11 is 0. The van der Waals surface area contributed by atoms with E-state index in [1.807, 2.05) is 30.5 Å². The van der Waals surface area contributed by atoms with Crippen molar-refractivity contribution in [2.24, 2.45) is 0 Å². The highest BCUT2D eigenvalue weighted by atomic mass is 19.3. The SMILES string of the molecule is O=C(Cn1cc2ccccc2n1)NC1CCN(CC(F)F)CC1. The van der Waals surface area contributed by atoms with E-state index in [2.05, 4.69) is 10.4 Å². The molecule has 1 aromatic carbocycles. The highest BCUT2D eigenvalue weighted by Gasteiger charge is 2.22. The van der Waals surface area contributed by atoms with E-state index in [0.29, 0.717) is 25.9 Å². The van der Waals surface area contributed by atoms with Crippen molar-refractivity contribution < 1.29 is 13.6 Å². The number of halogens is 2. The van der Waals surface area contributed by atoms with Crippen LogP contribution < -0.4 is 5.32 Å². The second kappa shape index (κ2) is 7.04. The maximum Gasteiger partial charge on any atom is 0.251 e. The Morgan fingerprint density at radius 2 is 2.04 bits per heavy atom. The minimum atomic E-state index is -2.30. The summed E-state index contributed by atoms with van der Waals surface area (Å²) in [6.45, 7) is 1.19. The number of likely N-dealkylation sites (tertiary alicyclic amines) is 1. The third kappa shape index (κ3) is 4.25. The van der Waals surface area contributed by atoms with Crippen LogP contribution in [-0.2, 0) is 11.3 Å². The molecule has 7 heteroatoms. The fourth-order valence-electron chi connectivity index (χ4n) is 2.97. The van der Waals surface area contributed by atoms with E-state index in [4.69, 9.17) is 0 Å². The normalized spacial score (nSPS) is 17.0. The Balaban J connectivity index is 1.48. The summed E-state index contributed by atoms with van der Waals surface area (Å²) in [6, 6.07) is 7.76. The van der Waals surface area contributed by atoms with Gasteiger partial charge in [-0.3, -0.25) is 14.4 Å². The second-order valence-electron chi connectivity index (χ2n) is 5.92. The van der Waals surface area contributed by atoms with E-state index in [0.717, 1.165) is 10.9 Å². The molecule has 0 aliphatic carbocycles. The molecule has 0 bridgehead atoms. The molecular weight excluding hydrogens is 302 g/mol. The van der Waals surface area contributed by atoms with E-state index < -0.39 is 6.43 Å². The van der Waals surface area contributed by atoms with Crippen LogP contribution in [0.25, 0.3) is 10.9 Å². The zero-order valence-electron chi connectivity index (χ0n) is 12.8. The number of nitrogens with zero attached hydrogens (tertiary/aromatic N) is 3. The Morgan fingerprint density at radius 3 is 2.74 bits per heavy atom. The van der Waals surface area contributed by atoms with Crippen LogP contribution in [0.5, 0.6) is 0 Å². The second-order valence-corrected chi connectivity index (χ2v) is 5.92. The third-order valence-corrected chi connectivity index (χ3v) is 4.12. The maximum atomic E-state index is 12.3. The lowest BCUT2D eigenvalue weighted by molar-refractivity contribution is -0.122. The number of hydrogen-bond donors (Lipinski definition) is 1. The van der Waals surface area contributed by atoms with Crippen LogP contribution in [-0.4, -0.2) is 52.7 Å². The molecule has 3 rings (SSSR count). The summed E-state index contributed by atoms with van der Waals surface area (Å²) in [5.74, 6) is -0.0925. The van der Waals surface area contributed by atoms with Crippen molar-refractivity contribution in [2.45, 2.75) is 31.9 Å². The molecule has 2 heterocycles. The van der Waals surface area contributed by atoms with Gasteiger partial charge in [0.25, 0.3) is 6.43 Å². The van der Waals surface area contributed by atoms with Crippen LogP contribution in [0.4, 0.5) is 8.78 Å². The van der Waals surface area contributed by atoms with Gasteiger partial charge in [-0.25, -0.2) is 8.78 Å². The molecule has 0 spiro atoms. The minimum absolute atomic E-state index is 0.0569. The summed E-state index contributed by atoms with van der Waals surface area (Å²) in [4.78, 5) is 13.9. The Bertz CT molecular complexity index is 632. The smallest absolute Gasteiger partial charge is 0.251 e. The van der Waals surface area contributed by atoms with Crippen LogP contribution >= 0.6 is 0 Å². The molecule has 124 valence electrons. The van der Waals surface area contributed by atoms with Crippen molar-refractivity contribution in [1.29, 1.82) is 0 Å². The van der Waals surface area contributed by atoms with Gasteiger partial charge in [0, 0.05) is 30.7 Å². The molecular formula is C16H20F2N4O. The van der Waals surface area contributed by atoms with Gasteiger partial charge in [-0.2, -0.15) is 5.10 Å². The number of alkyl halides is 2. The molecule has 2 aromatic rings. The van der Waals surface area contributed by atoms with E-state index >= 15 is 0 Å². The number of benzene rings is 1. The molecule has 1 aromatic heterocycles. The van der Waals surface area contributed by atoms with Crippen LogP contribution in [0, 0.1) is 0 Å². The average Bonchev–Trinajstić information content (AvgIpc) is 2.90. The maximum absolute atomic E-state index is 12.3. The number of nitrogens with one attached hydrogen (secondary N) is 1. The summed E-state index contributed by atoms with van der Waals surface area (Å²) < 4.78 is 26.3. The first-order chi connectivity index (χ1) is 11.1. The molecule has 5 nitrogen and oxygen atoms in total. The van der Waals surface area contributed by atoms with Gasteiger partial charge in [0.05, 0.1) is 12.1 Å². The molecule has 0 saturated carbocycles. The molecule has 0 atom stereocenters. The first kappa shape index (κ1) is 15.9. The highest BCUT2D eigenvalue weighted by molar-refractivity contribution is 5.79. The van der Waals surface area contributed by atoms with Crippen LogP contribution in [0.15, 0.2) is 30.5 Å². The summed E-state index contributed by atoms with van der Waals surface area (Å²) in [6.07, 6.45) is 0.967. The fraction of sp³-hybridized carbons (Fsp3) is 0.500. The molecule has 1 aliphatic rings. The lowest BCUT2D eigenvalue weighted by Crippen LogP contribution is -2.46. The summed E-state index contributed by atoms with van der Waals surface area (Å²) in [7, 11) is 0. The van der Waals surface area contributed by atoms with E-state index in [9.17, 15) is 13.6 Å². The van der Waals surface area contributed by atoms with Gasteiger partial charge >= 0.3 is 0 Å². The van der Waals surface area contributed by atoms with Crippen molar-refractivity contribution in [3.05, 3.63) is 30.5 Å². The number of fused-ring (bicyclic) bond motifs is 1. The fourth-order valence-corrected chi connectivity index (χ4v) is 2.97. The number of rotatable bonds is 5. The zero-order valence-corrected chi connectivity index (χ0v) is 12.8. The largest absolute Gasteiger partial charge is 0.352 e. The number of carbonyl (C=O) groups is 1. The van der Waals surface area contributed by atoms with Crippen LogP contribution in [0.1, 0.15) is 12.8 Å². The predicted octanol–water partition coefficient (Wildman–Crippen LogP) is 1.88. The van der Waals surface area contributed by atoms with Gasteiger partial charge in [0.1, 0.15) is 6.54 Å². The van der Waals surface area contributed by atoms with E-state index in [-0.39, 0.29) is 25.0 Å². The summed E-state index contributed by atoms with van der Waals surface area (Å²) in [5, 5.41) is 8.33. The van der Waals surface area contributed by atoms with Crippen LogP contribution in [0.3, 0.4) is 0 Å². The van der Waals surface area contributed by atoms with Gasteiger partial charge < -0.3 is 5.32 Å². The standard InChI is InChI=1S/C16H20F2N4O/c17-15(18)10-21-7-5-13(6-8-21)19-16(23)11-22-9-12-3-1-2-4-14(12)20-22/h1-4,9,13,15H,5-8,10-11H2,(H,19,23). The first-order valence-electron chi connectivity index (χ1n) is 7.82. The number of aromatic nitrogens is 2. The predicted molar refractivity (Wildman–Crippen MR) is 83.3 cm³/mol. The number of amides is 1. The molecule has 1 aliphatic heterocycles. The number of carbonyl (C=O) groups excluding carboxylic acids is 1. The Kier molecular flexibility index (Phi) is 4.85. The van der Waals surface area contributed by atoms with Crippen molar-refractivity contribution in [3.8, 4) is 0 Å². The van der Waals surface area contributed by atoms with Crippen LogP contribution in [0.2, 0.25) is 0 Å². The van der Waals surface area contributed by atoms with Crippen molar-refractivity contribution in [2.75, 3.05) is 19.6 Å². The molecule has 1 amide bonds. The molecule has 1 saturated heterocycles. The van der Waals surface area contributed by atoms with Gasteiger partial charge in [-0.15, -0.1) is 0 Å². The molecule has 23 heavy (non-hydrogen) atoms. The average molecular weight is 322 g/mol. The topological polar surface area (TPSA) is 50.2 Å². The molecule has 1 fully saturated rings. The van der Waals surface area contributed by atoms with E-state index in [1.165, 1.54) is 0 Å². The Morgan fingerprint density at radius 1 is 1.30 bits per heavy atom. The Hall–Kier alpha value is -2.02. The first-order valence-corrected chi connectivity index (χ1v) is 7.82. The third-order valence-electron chi connectivity index (χ3n) is 4.12. The zero-order chi connectivity index (χ0) is 16.2. The molecule has 0 radical (unpaired) electrons. The Labute approximate surface area is 133 Å². The minimum Gasteiger partial charge on any atom is -0.352 e. The van der Waals surface area contributed by atoms with Gasteiger partial charge in [0.15, 0.2) is 0 Å². The monoisotopic (exact) mass is 322 g/mol. The van der Waals surface area contributed by atoms with E-state index in [1.54, 1.807) is 9.58 Å². The van der Waals surface area contributed by atoms with Gasteiger partial charge in [0.2, 0.25) is 5.91 Å². The van der Waals surface area contributed by atoms with Crippen molar-refractivity contribution in [1.82, 2.24) is 20.0 Å². The summed E-state index contributed by atoms with van der Waals surface area (Å²) in [5.41, 5.74) is 0.862. The van der Waals surface area contributed by atoms with Crippen molar-refractivity contribution in [3.63, 3.8) is 0 Å². The van der Waals surface area contributed by atoms with Crippen molar-refractivity contribution >= 4 is 16.8 Å². The van der Waals surface area contributed by atoms with Gasteiger partial charge in [-0.05, 0) is 18.9 Å². The lowest BCUT2D eigenvalue weighted by atomic mass is 10.1. The number of piperidine rings is 1. The molecule has 1 N–H and O–H groups in total. The highest BCUT2D eigenvalue weighted by Crippen LogP contribution is 2.13. The number of hydrogen-bond acceptors (Lipinski definition) is 3. The lowest BCUT2D eigenvalue weighted by Gasteiger charge is -2.32.